The average molecular weight is 373 g/mol. The van der Waals surface area contributed by atoms with Crippen LogP contribution in [0.15, 0.2) is 0 Å². The first-order valence-electron chi connectivity index (χ1n) is 9.04. The van der Waals surface area contributed by atoms with Crippen LogP contribution in [0.4, 0.5) is 0 Å². The quantitative estimate of drug-likeness (QED) is 0.486. The largest absolute Gasteiger partial charge is 0.464 e. The van der Waals surface area contributed by atoms with Gasteiger partial charge in [-0.15, -0.1) is 0 Å². The summed E-state index contributed by atoms with van der Waals surface area (Å²) in [6.07, 6.45) is 0.417. The van der Waals surface area contributed by atoms with E-state index < -0.39 is 41.5 Å². The third-order valence-corrected chi connectivity index (χ3v) is 3.37. The third-order valence-electron chi connectivity index (χ3n) is 3.37. The lowest BCUT2D eigenvalue weighted by Crippen LogP contribution is -2.55. The maximum Gasteiger partial charge on any atom is 0.328 e. The molecule has 2 amide bonds. The number of hydrogen-bond acceptors (Lipinski definition) is 6. The lowest BCUT2D eigenvalue weighted by Gasteiger charge is -2.25. The van der Waals surface area contributed by atoms with Crippen LogP contribution in [0.5, 0.6) is 0 Å². The van der Waals surface area contributed by atoms with Crippen LogP contribution in [0.3, 0.4) is 0 Å². The number of carbonyl (C=O) groups excluding carboxylic acids is 3. The highest BCUT2D eigenvalue weighted by molar-refractivity contribution is 5.91. The van der Waals surface area contributed by atoms with Gasteiger partial charge in [-0.1, -0.05) is 13.8 Å². The second-order valence-electron chi connectivity index (χ2n) is 7.70. The van der Waals surface area contributed by atoms with Crippen molar-refractivity contribution in [1.29, 1.82) is 0 Å². The molecule has 0 rings (SSSR count). The van der Waals surface area contributed by atoms with Gasteiger partial charge >= 0.3 is 5.97 Å². The van der Waals surface area contributed by atoms with Crippen molar-refractivity contribution in [1.82, 2.24) is 10.6 Å². The summed E-state index contributed by atoms with van der Waals surface area (Å²) >= 11 is 0. The van der Waals surface area contributed by atoms with Crippen LogP contribution in [-0.4, -0.2) is 54.7 Å². The zero-order valence-electron chi connectivity index (χ0n) is 17.0. The van der Waals surface area contributed by atoms with E-state index in [0.29, 0.717) is 6.42 Å². The number of nitrogens with one attached hydrogen (secondary N) is 2. The Morgan fingerprint density at radius 1 is 1.04 bits per heavy atom. The van der Waals surface area contributed by atoms with Gasteiger partial charge in [0.15, 0.2) is 0 Å². The van der Waals surface area contributed by atoms with Crippen molar-refractivity contribution in [2.75, 3.05) is 13.2 Å². The minimum absolute atomic E-state index is 0.0462. The topological polar surface area (TPSA) is 120 Å². The minimum Gasteiger partial charge on any atom is -0.464 e. The summed E-state index contributed by atoms with van der Waals surface area (Å²) in [6.45, 7) is 13.0. The number of hydrogen-bond donors (Lipinski definition) is 3. The molecule has 0 aromatic carbocycles. The first kappa shape index (κ1) is 24.3. The van der Waals surface area contributed by atoms with E-state index in [1.807, 2.05) is 34.6 Å². The number of esters is 1. The van der Waals surface area contributed by atoms with Crippen molar-refractivity contribution in [3.63, 3.8) is 0 Å². The zero-order valence-corrected chi connectivity index (χ0v) is 17.0. The molecule has 8 nitrogen and oxygen atoms in total. The molecule has 152 valence electrons. The number of rotatable bonds is 10. The van der Waals surface area contributed by atoms with E-state index in [-0.39, 0.29) is 19.1 Å². The summed E-state index contributed by atoms with van der Waals surface area (Å²) in [7, 11) is 0. The van der Waals surface area contributed by atoms with Crippen molar-refractivity contribution in [3.05, 3.63) is 0 Å². The van der Waals surface area contributed by atoms with Crippen LogP contribution >= 0.6 is 0 Å². The van der Waals surface area contributed by atoms with Crippen molar-refractivity contribution in [3.8, 4) is 0 Å². The normalized spacial score (nSPS) is 15.1. The van der Waals surface area contributed by atoms with Gasteiger partial charge in [0.25, 0.3) is 0 Å². The summed E-state index contributed by atoms with van der Waals surface area (Å²) in [5, 5.41) is 5.22. The Hall–Kier alpha value is -1.67. The number of amides is 2. The lowest BCUT2D eigenvalue weighted by molar-refractivity contribution is -0.147. The monoisotopic (exact) mass is 373 g/mol. The molecule has 0 heterocycles. The van der Waals surface area contributed by atoms with Gasteiger partial charge in [0, 0.05) is 0 Å². The fourth-order valence-electron chi connectivity index (χ4n) is 2.04. The molecule has 0 unspecified atom stereocenters. The zero-order chi connectivity index (χ0) is 20.5. The highest BCUT2D eigenvalue weighted by atomic mass is 16.5. The predicted molar refractivity (Wildman–Crippen MR) is 99.3 cm³/mol. The molecule has 0 saturated heterocycles. The molecule has 0 aliphatic carbocycles. The van der Waals surface area contributed by atoms with Crippen molar-refractivity contribution >= 4 is 17.8 Å². The van der Waals surface area contributed by atoms with Gasteiger partial charge < -0.3 is 25.8 Å². The molecule has 0 radical (unpaired) electrons. The molecule has 3 atom stereocenters. The molecule has 0 aliphatic rings. The maximum atomic E-state index is 12.5. The molecule has 0 bridgehead atoms. The number of ether oxygens (including phenoxy) is 2. The van der Waals surface area contributed by atoms with Crippen molar-refractivity contribution in [2.24, 2.45) is 11.7 Å². The van der Waals surface area contributed by atoms with Gasteiger partial charge in [-0.25, -0.2) is 4.79 Å². The van der Waals surface area contributed by atoms with Gasteiger partial charge in [0.1, 0.15) is 18.1 Å². The fourth-order valence-corrected chi connectivity index (χ4v) is 2.04. The minimum atomic E-state index is -0.890. The van der Waals surface area contributed by atoms with E-state index >= 15 is 0 Å². The second-order valence-corrected chi connectivity index (χ2v) is 7.70. The highest BCUT2D eigenvalue weighted by Gasteiger charge is 2.28. The van der Waals surface area contributed by atoms with E-state index in [4.69, 9.17) is 15.2 Å². The van der Waals surface area contributed by atoms with Crippen LogP contribution in [0.1, 0.15) is 54.9 Å². The van der Waals surface area contributed by atoms with Gasteiger partial charge in [-0.05, 0) is 47.0 Å². The summed E-state index contributed by atoms with van der Waals surface area (Å²) in [6, 6.07) is -2.48. The number of nitrogens with two attached hydrogens (primary N) is 1. The SMILES string of the molecule is CCOC(=O)[C@H](C)NC(=O)[C@H](CC(C)C)NC(=O)[C@@H](N)COC(C)(C)C. The van der Waals surface area contributed by atoms with Gasteiger partial charge in [0.2, 0.25) is 11.8 Å². The summed E-state index contributed by atoms with van der Waals surface area (Å²) in [5.41, 5.74) is 5.43. The van der Waals surface area contributed by atoms with E-state index in [9.17, 15) is 14.4 Å². The van der Waals surface area contributed by atoms with Crippen LogP contribution in [0, 0.1) is 5.92 Å². The van der Waals surface area contributed by atoms with Gasteiger partial charge in [-0.2, -0.15) is 0 Å². The Morgan fingerprint density at radius 3 is 2.08 bits per heavy atom. The molecule has 0 aromatic heterocycles. The third kappa shape index (κ3) is 10.4. The second kappa shape index (κ2) is 11.1. The molecule has 0 aliphatic heterocycles. The Balaban J connectivity index is 4.84. The van der Waals surface area contributed by atoms with Gasteiger partial charge in [-0.3, -0.25) is 9.59 Å². The van der Waals surface area contributed by atoms with E-state index in [1.54, 1.807) is 6.92 Å². The van der Waals surface area contributed by atoms with E-state index in [2.05, 4.69) is 10.6 Å². The molecular weight excluding hydrogens is 338 g/mol. The van der Waals surface area contributed by atoms with Crippen LogP contribution in [0.25, 0.3) is 0 Å². The Labute approximate surface area is 156 Å². The van der Waals surface area contributed by atoms with Gasteiger partial charge in [0.05, 0.1) is 18.8 Å². The standard InChI is InChI=1S/C18H35N3O5/c1-8-25-17(24)12(4)20-16(23)14(9-11(2)3)21-15(22)13(19)10-26-18(5,6)7/h11-14H,8-10,19H2,1-7H3,(H,20,23)(H,21,22)/t12-,13-,14-/m0/s1. The molecule has 4 N–H and O–H groups in total. The Kier molecular flexibility index (Phi) is 10.4. The average Bonchev–Trinajstić information content (AvgIpc) is 2.50. The van der Waals surface area contributed by atoms with Crippen LogP contribution in [-0.2, 0) is 23.9 Å². The maximum absolute atomic E-state index is 12.5. The molecule has 8 heteroatoms. The van der Waals surface area contributed by atoms with E-state index in [1.165, 1.54) is 6.92 Å². The first-order chi connectivity index (χ1) is 11.9. The molecule has 26 heavy (non-hydrogen) atoms. The van der Waals surface area contributed by atoms with E-state index in [0.717, 1.165) is 0 Å². The Bertz CT molecular complexity index is 474. The van der Waals surface area contributed by atoms with Crippen molar-refractivity contribution < 1.29 is 23.9 Å². The predicted octanol–water partition coefficient (Wildman–Crippen LogP) is 0.728. The highest BCUT2D eigenvalue weighted by Crippen LogP contribution is 2.08. The lowest BCUT2D eigenvalue weighted by atomic mass is 10.0. The van der Waals surface area contributed by atoms with Crippen molar-refractivity contribution in [2.45, 2.75) is 78.6 Å². The molecule has 0 fully saturated rings. The first-order valence-corrected chi connectivity index (χ1v) is 9.04. The number of carbonyl (C=O) groups is 3. The smallest absolute Gasteiger partial charge is 0.328 e. The summed E-state index contributed by atoms with van der Waals surface area (Å²) in [5.74, 6) is -1.29. The van der Waals surface area contributed by atoms with Crippen LogP contribution < -0.4 is 16.4 Å². The molecule has 0 saturated carbocycles. The Morgan fingerprint density at radius 2 is 1.62 bits per heavy atom. The summed E-state index contributed by atoms with van der Waals surface area (Å²) in [4.78, 5) is 36.4. The molecular formula is C18H35N3O5. The fraction of sp³-hybridized carbons (Fsp3) is 0.833. The van der Waals surface area contributed by atoms with Crippen LogP contribution in [0.2, 0.25) is 0 Å². The summed E-state index contributed by atoms with van der Waals surface area (Å²) < 4.78 is 10.4. The molecule has 0 spiro atoms. The molecule has 0 aromatic rings.